The van der Waals surface area contributed by atoms with Gasteiger partial charge in [-0.05, 0) is 37.6 Å². The van der Waals surface area contributed by atoms with Gasteiger partial charge in [-0.15, -0.1) is 0 Å². The van der Waals surface area contributed by atoms with E-state index >= 15 is 0 Å². The Kier molecular flexibility index (Phi) is 3.37. The largest absolute Gasteiger partial charge is 0.485 e. The summed E-state index contributed by atoms with van der Waals surface area (Å²) in [7, 11) is 0. The zero-order valence-corrected chi connectivity index (χ0v) is 10.3. The van der Waals surface area contributed by atoms with Crippen LogP contribution in [0, 0.1) is 13.8 Å². The van der Waals surface area contributed by atoms with Crippen LogP contribution in [0.2, 0.25) is 0 Å². The van der Waals surface area contributed by atoms with Gasteiger partial charge in [0.1, 0.15) is 18.1 Å². The van der Waals surface area contributed by atoms with Crippen LogP contribution < -0.4 is 4.74 Å². The average Bonchev–Trinajstić information content (AvgIpc) is 2.76. The van der Waals surface area contributed by atoms with E-state index in [1.807, 2.05) is 32.0 Å². The maximum atomic E-state index is 10.6. The molecule has 0 aliphatic rings. The molecule has 0 radical (unpaired) electrons. The summed E-state index contributed by atoms with van der Waals surface area (Å²) in [6, 6.07) is 8.91. The van der Waals surface area contributed by atoms with Crippen molar-refractivity contribution in [1.82, 2.24) is 0 Å². The summed E-state index contributed by atoms with van der Waals surface area (Å²) in [6.07, 6.45) is 0. The monoisotopic (exact) mass is 246 g/mol. The minimum Gasteiger partial charge on any atom is -0.485 e. The number of benzene rings is 1. The van der Waals surface area contributed by atoms with Gasteiger partial charge in [0, 0.05) is 0 Å². The number of carbonyl (C=O) groups is 1. The third-order valence-electron chi connectivity index (χ3n) is 2.57. The molecule has 94 valence electrons. The first-order valence-electron chi connectivity index (χ1n) is 5.58. The summed E-state index contributed by atoms with van der Waals surface area (Å²) in [5, 5.41) is 8.72. The van der Waals surface area contributed by atoms with Gasteiger partial charge in [0.05, 0.1) is 0 Å². The van der Waals surface area contributed by atoms with Gasteiger partial charge >= 0.3 is 5.97 Å². The van der Waals surface area contributed by atoms with Crippen molar-refractivity contribution in [2.24, 2.45) is 0 Å². The molecule has 4 nitrogen and oxygen atoms in total. The molecule has 18 heavy (non-hydrogen) atoms. The Morgan fingerprint density at radius 2 is 2.06 bits per heavy atom. The van der Waals surface area contributed by atoms with Crippen molar-refractivity contribution >= 4 is 5.97 Å². The molecule has 4 heteroatoms. The van der Waals surface area contributed by atoms with Crippen LogP contribution in [0.25, 0.3) is 0 Å². The minimum absolute atomic E-state index is 0.0748. The number of ether oxygens (including phenoxy) is 1. The van der Waals surface area contributed by atoms with Gasteiger partial charge in [0.2, 0.25) is 5.76 Å². The number of hydrogen-bond donors (Lipinski definition) is 1. The van der Waals surface area contributed by atoms with Crippen LogP contribution in [-0.2, 0) is 6.61 Å². The predicted molar refractivity (Wildman–Crippen MR) is 65.9 cm³/mol. The smallest absolute Gasteiger partial charge is 0.371 e. The number of carboxylic acids is 1. The fraction of sp³-hybridized carbons (Fsp3) is 0.214. The predicted octanol–water partition coefficient (Wildman–Crippen LogP) is 3.17. The Balaban J connectivity index is 2.04. The first kappa shape index (κ1) is 12.2. The SMILES string of the molecule is Cc1ccc(OCc2ccc(C(=O)O)o2)c(C)c1. The van der Waals surface area contributed by atoms with Crippen molar-refractivity contribution in [3.63, 3.8) is 0 Å². The lowest BCUT2D eigenvalue weighted by atomic mass is 10.1. The van der Waals surface area contributed by atoms with Crippen LogP contribution in [0.1, 0.15) is 27.4 Å². The molecule has 0 unspecified atom stereocenters. The molecule has 1 heterocycles. The Morgan fingerprint density at radius 1 is 1.28 bits per heavy atom. The van der Waals surface area contributed by atoms with E-state index in [2.05, 4.69) is 0 Å². The normalized spacial score (nSPS) is 10.3. The zero-order chi connectivity index (χ0) is 13.1. The molecular formula is C14H14O4. The maximum absolute atomic E-state index is 10.6. The molecule has 0 amide bonds. The molecular weight excluding hydrogens is 232 g/mol. The number of furan rings is 1. The van der Waals surface area contributed by atoms with Gasteiger partial charge in [-0.1, -0.05) is 17.7 Å². The van der Waals surface area contributed by atoms with Gasteiger partial charge in [-0.2, -0.15) is 0 Å². The first-order chi connectivity index (χ1) is 8.56. The molecule has 2 aromatic rings. The van der Waals surface area contributed by atoms with E-state index in [9.17, 15) is 4.79 Å². The summed E-state index contributed by atoms with van der Waals surface area (Å²) in [5.74, 6) is 0.114. The molecule has 0 saturated carbocycles. The second kappa shape index (κ2) is 4.96. The van der Waals surface area contributed by atoms with Crippen LogP contribution in [0.5, 0.6) is 5.75 Å². The number of aromatic carboxylic acids is 1. The fourth-order valence-corrected chi connectivity index (χ4v) is 1.68. The molecule has 1 aromatic heterocycles. The van der Waals surface area contributed by atoms with E-state index in [0.29, 0.717) is 5.76 Å². The highest BCUT2D eigenvalue weighted by atomic mass is 16.5. The van der Waals surface area contributed by atoms with E-state index in [0.717, 1.165) is 11.3 Å². The molecule has 0 fully saturated rings. The lowest BCUT2D eigenvalue weighted by molar-refractivity contribution is 0.0658. The molecule has 0 aliphatic heterocycles. The van der Waals surface area contributed by atoms with E-state index in [1.54, 1.807) is 6.07 Å². The van der Waals surface area contributed by atoms with Crippen molar-refractivity contribution in [1.29, 1.82) is 0 Å². The molecule has 0 saturated heterocycles. The second-order valence-corrected chi connectivity index (χ2v) is 4.13. The zero-order valence-electron chi connectivity index (χ0n) is 10.3. The van der Waals surface area contributed by atoms with Crippen molar-refractivity contribution < 1.29 is 19.1 Å². The molecule has 0 aliphatic carbocycles. The second-order valence-electron chi connectivity index (χ2n) is 4.13. The summed E-state index contributed by atoms with van der Waals surface area (Å²) in [4.78, 5) is 10.6. The lowest BCUT2D eigenvalue weighted by Crippen LogP contribution is -1.96. The molecule has 0 bridgehead atoms. The van der Waals surface area contributed by atoms with E-state index in [1.165, 1.54) is 11.6 Å². The summed E-state index contributed by atoms with van der Waals surface area (Å²) in [6.45, 7) is 4.20. The van der Waals surface area contributed by atoms with Gasteiger partial charge in [-0.3, -0.25) is 0 Å². The Hall–Kier alpha value is -2.23. The van der Waals surface area contributed by atoms with Crippen molar-refractivity contribution in [3.8, 4) is 5.75 Å². The van der Waals surface area contributed by atoms with Gasteiger partial charge in [-0.25, -0.2) is 4.79 Å². The van der Waals surface area contributed by atoms with Crippen LogP contribution in [0.15, 0.2) is 34.7 Å². The Labute approximate surface area is 105 Å². The van der Waals surface area contributed by atoms with Gasteiger partial charge < -0.3 is 14.3 Å². The lowest BCUT2D eigenvalue weighted by Gasteiger charge is -2.08. The standard InChI is InChI=1S/C14H14O4/c1-9-3-5-12(10(2)7-9)17-8-11-4-6-13(18-11)14(15)16/h3-7H,8H2,1-2H3,(H,15,16). The molecule has 2 rings (SSSR count). The van der Waals surface area contributed by atoms with Crippen molar-refractivity contribution in [3.05, 3.63) is 53.0 Å². The van der Waals surface area contributed by atoms with E-state index < -0.39 is 5.97 Å². The fourth-order valence-electron chi connectivity index (χ4n) is 1.68. The average molecular weight is 246 g/mol. The molecule has 0 atom stereocenters. The highest BCUT2D eigenvalue weighted by molar-refractivity contribution is 5.84. The number of aryl methyl sites for hydroxylation is 2. The Bertz CT molecular complexity index is 569. The van der Waals surface area contributed by atoms with Crippen LogP contribution in [0.4, 0.5) is 0 Å². The summed E-state index contributed by atoms with van der Waals surface area (Å²) in [5.41, 5.74) is 2.21. The molecule has 0 spiro atoms. The molecule has 1 aromatic carbocycles. The Morgan fingerprint density at radius 3 is 2.67 bits per heavy atom. The number of carboxylic acid groups (broad SMARTS) is 1. The summed E-state index contributed by atoms with van der Waals surface area (Å²) >= 11 is 0. The van der Waals surface area contributed by atoms with Crippen LogP contribution >= 0.6 is 0 Å². The van der Waals surface area contributed by atoms with E-state index in [4.69, 9.17) is 14.3 Å². The number of hydrogen-bond acceptors (Lipinski definition) is 3. The first-order valence-corrected chi connectivity index (χ1v) is 5.58. The molecule has 1 N–H and O–H groups in total. The minimum atomic E-state index is -1.08. The third-order valence-corrected chi connectivity index (χ3v) is 2.57. The number of rotatable bonds is 4. The quantitative estimate of drug-likeness (QED) is 0.900. The van der Waals surface area contributed by atoms with Crippen LogP contribution in [-0.4, -0.2) is 11.1 Å². The third kappa shape index (κ3) is 2.71. The highest BCUT2D eigenvalue weighted by Gasteiger charge is 2.09. The van der Waals surface area contributed by atoms with E-state index in [-0.39, 0.29) is 12.4 Å². The summed E-state index contributed by atoms with van der Waals surface area (Å²) < 4.78 is 10.7. The maximum Gasteiger partial charge on any atom is 0.371 e. The van der Waals surface area contributed by atoms with Crippen LogP contribution in [0.3, 0.4) is 0 Å². The van der Waals surface area contributed by atoms with Crippen molar-refractivity contribution in [2.75, 3.05) is 0 Å². The van der Waals surface area contributed by atoms with Gasteiger partial charge in [0.15, 0.2) is 0 Å². The van der Waals surface area contributed by atoms with Gasteiger partial charge in [0.25, 0.3) is 0 Å². The highest BCUT2D eigenvalue weighted by Crippen LogP contribution is 2.20. The topological polar surface area (TPSA) is 59.7 Å². The van der Waals surface area contributed by atoms with Crippen molar-refractivity contribution in [2.45, 2.75) is 20.5 Å².